The van der Waals surface area contributed by atoms with Crippen LogP contribution in [0.15, 0.2) is 22.3 Å². The Morgan fingerprint density at radius 1 is 1.46 bits per heavy atom. The predicted octanol–water partition coefficient (Wildman–Crippen LogP) is 1.73. The number of fused-ring (bicyclic) bond motifs is 5. The maximum Gasteiger partial charge on any atom is 0.266 e. The molecule has 3 aromatic rings. The molecule has 1 atom stereocenters. The average molecular weight is 342 g/mol. The van der Waals surface area contributed by atoms with Crippen LogP contribution in [0.5, 0.6) is 0 Å². The minimum absolute atomic E-state index is 0.0190. The van der Waals surface area contributed by atoms with E-state index in [1.165, 1.54) is 11.3 Å². The van der Waals surface area contributed by atoms with E-state index >= 15 is 0 Å². The molecule has 0 radical (unpaired) electrons. The molecule has 5 rings (SSSR count). The van der Waals surface area contributed by atoms with Crippen LogP contribution in [0.25, 0.3) is 17.2 Å². The van der Waals surface area contributed by atoms with Gasteiger partial charge < -0.3 is 15.2 Å². The second-order valence-corrected chi connectivity index (χ2v) is 6.77. The Hall–Kier alpha value is -2.52. The van der Waals surface area contributed by atoms with Crippen molar-refractivity contribution in [3.05, 3.63) is 34.2 Å². The van der Waals surface area contributed by atoms with Gasteiger partial charge in [0.05, 0.1) is 24.0 Å². The van der Waals surface area contributed by atoms with E-state index in [0.29, 0.717) is 17.4 Å². The summed E-state index contributed by atoms with van der Waals surface area (Å²) in [4.78, 5) is 24.4. The summed E-state index contributed by atoms with van der Waals surface area (Å²) in [6.45, 7) is 0.942. The third-order valence-electron chi connectivity index (χ3n) is 4.59. The zero-order chi connectivity index (χ0) is 16.3. The molecule has 1 amide bonds. The molecule has 0 saturated carbocycles. The van der Waals surface area contributed by atoms with Crippen LogP contribution in [0.2, 0.25) is 0 Å². The number of nitrogens with two attached hydrogens (primary N) is 1. The van der Waals surface area contributed by atoms with Gasteiger partial charge in [-0.2, -0.15) is 4.98 Å². The zero-order valence-electron chi connectivity index (χ0n) is 12.7. The quantitative estimate of drug-likeness (QED) is 0.761. The minimum Gasteiger partial charge on any atom is -0.338 e. The number of carbonyl (C=O) groups is 1. The molecule has 0 aliphatic carbocycles. The van der Waals surface area contributed by atoms with E-state index in [0.717, 1.165) is 35.6 Å². The van der Waals surface area contributed by atoms with Crippen LogP contribution in [0.1, 0.15) is 40.1 Å². The first kappa shape index (κ1) is 13.9. The summed E-state index contributed by atoms with van der Waals surface area (Å²) in [6.07, 6.45) is 3.62. The topological polar surface area (TPSA) is 103 Å². The summed E-state index contributed by atoms with van der Waals surface area (Å²) in [5.74, 6) is 0.881. The summed E-state index contributed by atoms with van der Waals surface area (Å²) in [5, 5.41) is 5.94. The first-order chi connectivity index (χ1) is 11.8. The lowest BCUT2D eigenvalue weighted by atomic mass is 10.1. The number of nitrogens with zero attached hydrogens (tertiary/aromatic N) is 5. The molecule has 9 heteroatoms. The Bertz CT molecular complexity index is 942. The molecule has 8 nitrogen and oxygen atoms in total. The first-order valence-electron chi connectivity index (χ1n) is 7.77. The van der Waals surface area contributed by atoms with Gasteiger partial charge in [0.2, 0.25) is 11.7 Å². The van der Waals surface area contributed by atoms with E-state index in [9.17, 15) is 4.79 Å². The Labute approximate surface area is 140 Å². The second kappa shape index (κ2) is 4.99. The highest BCUT2D eigenvalue weighted by molar-refractivity contribution is 7.12. The van der Waals surface area contributed by atoms with Crippen molar-refractivity contribution in [3.8, 4) is 17.2 Å². The van der Waals surface area contributed by atoms with Crippen molar-refractivity contribution < 1.29 is 9.32 Å². The molecule has 0 spiro atoms. The largest absolute Gasteiger partial charge is 0.338 e. The van der Waals surface area contributed by atoms with Crippen LogP contribution in [0.4, 0.5) is 0 Å². The van der Waals surface area contributed by atoms with E-state index in [-0.39, 0.29) is 18.5 Å². The van der Waals surface area contributed by atoms with E-state index in [4.69, 9.17) is 10.3 Å². The van der Waals surface area contributed by atoms with Gasteiger partial charge in [0.1, 0.15) is 16.9 Å². The molecule has 2 N–H and O–H groups in total. The number of imidazole rings is 1. The predicted molar refractivity (Wildman–Crippen MR) is 85.6 cm³/mol. The van der Waals surface area contributed by atoms with Gasteiger partial charge in [0.25, 0.3) is 5.91 Å². The summed E-state index contributed by atoms with van der Waals surface area (Å²) < 4.78 is 7.13. The van der Waals surface area contributed by atoms with Crippen LogP contribution in [0, 0.1) is 0 Å². The molecular weight excluding hydrogens is 328 g/mol. The Morgan fingerprint density at radius 2 is 2.38 bits per heavy atom. The molecule has 0 aromatic carbocycles. The summed E-state index contributed by atoms with van der Waals surface area (Å²) in [6, 6.07) is 1.94. The van der Waals surface area contributed by atoms with Crippen LogP contribution in [-0.2, 0) is 6.54 Å². The highest BCUT2D eigenvalue weighted by Gasteiger charge is 2.40. The number of hydrogen-bond acceptors (Lipinski definition) is 7. The number of carbonyl (C=O) groups excluding carboxylic acids is 1. The van der Waals surface area contributed by atoms with Crippen LogP contribution in [-0.4, -0.2) is 37.0 Å². The molecule has 1 saturated heterocycles. The summed E-state index contributed by atoms with van der Waals surface area (Å²) in [7, 11) is 0. The van der Waals surface area contributed by atoms with Crippen molar-refractivity contribution in [3.63, 3.8) is 0 Å². The number of hydrogen-bond donors (Lipinski definition) is 1. The standard InChI is InChI=1S/C15H14N6O2S/c16-6-10-18-14(19-23-10)11-12-8-2-1-4-20(8)15(22)13-9(3-5-24-13)21(12)7-17-11/h3,5,7-8H,1-2,4,6,16H2/t8-/m0/s1. The SMILES string of the molecule is NCc1nc(-c2ncn3c2[C@@H]2CCCN2C(=O)c2sccc2-3)no1. The van der Waals surface area contributed by atoms with Crippen molar-refractivity contribution in [2.45, 2.75) is 25.4 Å². The van der Waals surface area contributed by atoms with Gasteiger partial charge in [-0.25, -0.2) is 4.98 Å². The van der Waals surface area contributed by atoms with Crippen LogP contribution in [0.3, 0.4) is 0 Å². The summed E-state index contributed by atoms with van der Waals surface area (Å²) >= 11 is 1.47. The maximum absolute atomic E-state index is 12.9. The van der Waals surface area contributed by atoms with Crippen molar-refractivity contribution in [2.75, 3.05) is 6.54 Å². The second-order valence-electron chi connectivity index (χ2n) is 5.86. The van der Waals surface area contributed by atoms with Crippen molar-refractivity contribution >= 4 is 17.2 Å². The lowest BCUT2D eigenvalue weighted by Crippen LogP contribution is -2.29. The molecule has 5 heterocycles. The lowest BCUT2D eigenvalue weighted by Gasteiger charge is -2.22. The van der Waals surface area contributed by atoms with Crippen molar-refractivity contribution in [2.24, 2.45) is 5.73 Å². The molecule has 2 aliphatic heterocycles. The van der Waals surface area contributed by atoms with Gasteiger partial charge in [0.15, 0.2) is 0 Å². The van der Waals surface area contributed by atoms with Gasteiger partial charge >= 0.3 is 0 Å². The third kappa shape index (κ3) is 1.76. The van der Waals surface area contributed by atoms with Gasteiger partial charge in [-0.1, -0.05) is 5.16 Å². The number of aromatic nitrogens is 4. The highest BCUT2D eigenvalue weighted by Crippen LogP contribution is 2.42. The van der Waals surface area contributed by atoms with Gasteiger partial charge in [0, 0.05) is 6.54 Å². The molecule has 3 aromatic heterocycles. The molecule has 122 valence electrons. The lowest BCUT2D eigenvalue weighted by molar-refractivity contribution is 0.0743. The van der Waals surface area contributed by atoms with Gasteiger partial charge in [-0.3, -0.25) is 9.36 Å². The Morgan fingerprint density at radius 3 is 3.21 bits per heavy atom. The zero-order valence-corrected chi connectivity index (χ0v) is 13.5. The molecule has 0 bridgehead atoms. The van der Waals surface area contributed by atoms with Crippen LogP contribution < -0.4 is 5.73 Å². The van der Waals surface area contributed by atoms with Gasteiger partial charge in [-0.05, 0) is 24.3 Å². The van der Waals surface area contributed by atoms with Crippen molar-refractivity contribution in [1.29, 1.82) is 0 Å². The fourth-order valence-electron chi connectivity index (χ4n) is 3.55. The molecule has 24 heavy (non-hydrogen) atoms. The average Bonchev–Trinajstić information content (AvgIpc) is 3.37. The molecule has 2 aliphatic rings. The van der Waals surface area contributed by atoms with Crippen LogP contribution >= 0.6 is 11.3 Å². The smallest absolute Gasteiger partial charge is 0.266 e. The monoisotopic (exact) mass is 342 g/mol. The Kier molecular flexibility index (Phi) is 2.88. The first-order valence-corrected chi connectivity index (χ1v) is 8.65. The highest BCUT2D eigenvalue weighted by atomic mass is 32.1. The van der Waals surface area contributed by atoms with E-state index in [2.05, 4.69) is 15.1 Å². The molecular formula is C15H14N6O2S. The van der Waals surface area contributed by atoms with E-state index < -0.39 is 0 Å². The van der Waals surface area contributed by atoms with E-state index in [1.807, 2.05) is 20.9 Å². The number of rotatable bonds is 2. The molecule has 0 unspecified atom stereocenters. The fraction of sp³-hybridized carbons (Fsp3) is 0.333. The fourth-order valence-corrected chi connectivity index (χ4v) is 4.39. The Balaban J connectivity index is 1.75. The maximum atomic E-state index is 12.9. The van der Waals surface area contributed by atoms with Gasteiger partial charge in [-0.15, -0.1) is 11.3 Å². The van der Waals surface area contributed by atoms with E-state index in [1.54, 1.807) is 6.33 Å². The normalized spacial score (nSPS) is 19.1. The summed E-state index contributed by atoms with van der Waals surface area (Å²) in [5.41, 5.74) is 8.03. The number of amides is 1. The number of thiophene rings is 1. The van der Waals surface area contributed by atoms with Crippen molar-refractivity contribution in [1.82, 2.24) is 24.6 Å². The minimum atomic E-state index is -0.0190. The third-order valence-corrected chi connectivity index (χ3v) is 5.48. The molecule has 1 fully saturated rings.